The van der Waals surface area contributed by atoms with Crippen molar-refractivity contribution in [1.82, 2.24) is 14.7 Å². The summed E-state index contributed by atoms with van der Waals surface area (Å²) < 4.78 is 27.3. The summed E-state index contributed by atoms with van der Waals surface area (Å²) in [5.41, 5.74) is -0.317. The van der Waals surface area contributed by atoms with Crippen LogP contribution in [0.4, 0.5) is 0 Å². The van der Waals surface area contributed by atoms with Crippen LogP contribution in [0.25, 0.3) is 10.2 Å². The molecule has 9 heteroatoms. The lowest BCUT2D eigenvalue weighted by Gasteiger charge is -2.09. The second-order valence-corrected chi connectivity index (χ2v) is 8.37. The molecule has 1 aliphatic carbocycles. The Morgan fingerprint density at radius 2 is 2.05 bits per heavy atom. The molecule has 2 aromatic heterocycles. The zero-order chi connectivity index (χ0) is 13.8. The fourth-order valence-corrected chi connectivity index (χ4v) is 4.97. The molecular weight excluding hydrogens is 329 g/mol. The van der Waals surface area contributed by atoms with Crippen LogP contribution in [-0.4, -0.2) is 23.9 Å². The third-order valence-electron chi connectivity index (χ3n) is 2.94. The van der Waals surface area contributed by atoms with Crippen molar-refractivity contribution in [3.05, 3.63) is 16.5 Å². The molecule has 0 bridgehead atoms. The number of hydrogen-bond donors (Lipinski definition) is 1. The summed E-state index contributed by atoms with van der Waals surface area (Å²) in [5, 5.41) is 0.660. The fourth-order valence-electron chi connectivity index (χ4n) is 1.64. The number of sulfonamides is 1. The van der Waals surface area contributed by atoms with Gasteiger partial charge < -0.3 is 0 Å². The van der Waals surface area contributed by atoms with Gasteiger partial charge in [-0.1, -0.05) is 11.6 Å². The van der Waals surface area contributed by atoms with Gasteiger partial charge in [-0.3, -0.25) is 0 Å². The summed E-state index contributed by atoms with van der Waals surface area (Å²) >= 11 is 12.7. The van der Waals surface area contributed by atoms with Gasteiger partial charge in [0, 0.05) is 5.54 Å². The van der Waals surface area contributed by atoms with Crippen molar-refractivity contribution in [3.8, 4) is 0 Å². The molecule has 1 N–H and O–H groups in total. The van der Waals surface area contributed by atoms with Crippen molar-refractivity contribution < 1.29 is 8.42 Å². The zero-order valence-corrected chi connectivity index (χ0v) is 12.9. The maximum absolute atomic E-state index is 12.2. The predicted octanol–water partition coefficient (Wildman–Crippen LogP) is 2.83. The van der Waals surface area contributed by atoms with Gasteiger partial charge in [0.1, 0.15) is 14.2 Å². The highest BCUT2D eigenvalue weighted by Crippen LogP contribution is 2.38. The molecule has 102 valence electrons. The van der Waals surface area contributed by atoms with E-state index in [1.165, 1.54) is 6.07 Å². The van der Waals surface area contributed by atoms with E-state index >= 15 is 0 Å². The molecule has 1 aliphatic rings. The average molecular weight is 338 g/mol. The highest BCUT2D eigenvalue weighted by atomic mass is 35.5. The summed E-state index contributed by atoms with van der Waals surface area (Å²) in [4.78, 5) is 8.24. The van der Waals surface area contributed by atoms with Crippen LogP contribution in [0.5, 0.6) is 0 Å². The molecule has 1 fully saturated rings. The molecule has 0 saturated heterocycles. The summed E-state index contributed by atoms with van der Waals surface area (Å²) in [6.45, 7) is 1.88. The van der Waals surface area contributed by atoms with Crippen LogP contribution in [0.15, 0.2) is 10.3 Å². The van der Waals surface area contributed by atoms with Gasteiger partial charge in [-0.05, 0) is 37.4 Å². The van der Waals surface area contributed by atoms with Gasteiger partial charge in [-0.2, -0.15) is 0 Å². The molecule has 5 nitrogen and oxygen atoms in total. The third kappa shape index (κ3) is 2.57. The lowest BCUT2D eigenvalue weighted by Crippen LogP contribution is -2.33. The van der Waals surface area contributed by atoms with E-state index in [0.717, 1.165) is 24.2 Å². The first kappa shape index (κ1) is 13.5. The van der Waals surface area contributed by atoms with E-state index in [-0.39, 0.29) is 20.2 Å². The lowest BCUT2D eigenvalue weighted by molar-refractivity contribution is 0.560. The predicted molar refractivity (Wildman–Crippen MR) is 75.4 cm³/mol. The van der Waals surface area contributed by atoms with Crippen molar-refractivity contribution >= 4 is 54.8 Å². The number of hydrogen-bond acceptors (Lipinski definition) is 5. The Labute approximate surface area is 124 Å². The van der Waals surface area contributed by atoms with Gasteiger partial charge >= 0.3 is 0 Å². The molecular formula is C10H9Cl2N3O2S2. The highest BCUT2D eigenvalue weighted by Gasteiger charge is 2.41. The van der Waals surface area contributed by atoms with Crippen LogP contribution in [0, 0.1) is 0 Å². The first-order chi connectivity index (χ1) is 8.79. The molecule has 0 amide bonds. The summed E-state index contributed by atoms with van der Waals surface area (Å²) in [6.07, 6.45) is 1.70. The van der Waals surface area contributed by atoms with Crippen molar-refractivity contribution in [2.75, 3.05) is 0 Å². The van der Waals surface area contributed by atoms with Crippen LogP contribution in [0.2, 0.25) is 10.4 Å². The number of fused-ring (bicyclic) bond motifs is 1. The molecule has 0 spiro atoms. The number of rotatable bonds is 3. The Balaban J connectivity index is 2.08. The van der Waals surface area contributed by atoms with Gasteiger partial charge in [0.2, 0.25) is 5.28 Å². The normalized spacial score (nSPS) is 17.8. The molecule has 0 aromatic carbocycles. The van der Waals surface area contributed by atoms with E-state index in [0.29, 0.717) is 10.2 Å². The monoisotopic (exact) mass is 337 g/mol. The molecule has 1 saturated carbocycles. The minimum atomic E-state index is -3.55. The maximum atomic E-state index is 12.2. The van der Waals surface area contributed by atoms with Crippen LogP contribution in [0.1, 0.15) is 19.8 Å². The average Bonchev–Trinajstić information content (AvgIpc) is 2.83. The number of nitrogens with zero attached hydrogens (tertiary/aromatic N) is 2. The van der Waals surface area contributed by atoms with Crippen LogP contribution in [-0.2, 0) is 10.0 Å². The zero-order valence-electron chi connectivity index (χ0n) is 9.77. The van der Waals surface area contributed by atoms with Crippen LogP contribution < -0.4 is 4.72 Å². The fraction of sp³-hybridized carbons (Fsp3) is 0.400. The second-order valence-electron chi connectivity index (χ2n) is 4.73. The molecule has 19 heavy (non-hydrogen) atoms. The minimum Gasteiger partial charge on any atom is -0.207 e. The van der Waals surface area contributed by atoms with Crippen molar-refractivity contribution in [2.45, 2.75) is 29.5 Å². The Kier molecular flexibility index (Phi) is 3.03. The molecule has 2 aromatic rings. The van der Waals surface area contributed by atoms with Crippen LogP contribution in [0.3, 0.4) is 0 Å². The molecule has 3 rings (SSSR count). The lowest BCUT2D eigenvalue weighted by atomic mass is 10.4. The molecule has 0 atom stereocenters. The number of nitrogens with one attached hydrogen (secondary N) is 1. The van der Waals surface area contributed by atoms with Crippen molar-refractivity contribution in [2.24, 2.45) is 0 Å². The number of thiophene rings is 1. The topological polar surface area (TPSA) is 72.0 Å². The van der Waals surface area contributed by atoms with E-state index in [1.54, 1.807) is 0 Å². The summed E-state index contributed by atoms with van der Waals surface area (Å²) in [5.74, 6) is 0. The maximum Gasteiger partial charge on any atom is 0.250 e. The smallest absolute Gasteiger partial charge is 0.207 e. The minimum absolute atomic E-state index is 0.00501. The van der Waals surface area contributed by atoms with E-state index in [4.69, 9.17) is 23.2 Å². The number of aromatic nitrogens is 2. The molecule has 0 unspecified atom stereocenters. The van der Waals surface area contributed by atoms with Gasteiger partial charge in [-0.25, -0.2) is 23.1 Å². The van der Waals surface area contributed by atoms with Gasteiger partial charge in [0.15, 0.2) is 0 Å². The molecule has 0 radical (unpaired) electrons. The van der Waals surface area contributed by atoms with E-state index in [9.17, 15) is 8.42 Å². The Hall–Kier alpha value is -0.470. The van der Waals surface area contributed by atoms with Gasteiger partial charge in [0.25, 0.3) is 10.0 Å². The Bertz CT molecular complexity index is 768. The van der Waals surface area contributed by atoms with Crippen molar-refractivity contribution in [3.63, 3.8) is 0 Å². The van der Waals surface area contributed by atoms with Gasteiger partial charge in [-0.15, -0.1) is 11.3 Å². The molecule has 2 heterocycles. The summed E-state index contributed by atoms with van der Waals surface area (Å²) in [7, 11) is -3.55. The Morgan fingerprint density at radius 3 is 2.68 bits per heavy atom. The first-order valence-electron chi connectivity index (χ1n) is 5.46. The Morgan fingerprint density at radius 1 is 1.37 bits per heavy atom. The third-order valence-corrected chi connectivity index (χ3v) is 6.54. The van der Waals surface area contributed by atoms with Gasteiger partial charge in [0.05, 0.1) is 5.39 Å². The van der Waals surface area contributed by atoms with Crippen molar-refractivity contribution in [1.29, 1.82) is 0 Å². The quantitative estimate of drug-likeness (QED) is 0.690. The van der Waals surface area contributed by atoms with Crippen LogP contribution >= 0.6 is 34.5 Å². The standard InChI is InChI=1S/C10H9Cl2N3O2S2/c1-10(2-3-10)15-19(16,17)6-4-5-7(11)13-9(12)14-8(5)18-6/h4,15H,2-3H2,1H3. The first-order valence-corrected chi connectivity index (χ1v) is 8.51. The van der Waals surface area contributed by atoms with E-state index < -0.39 is 10.0 Å². The SMILES string of the molecule is CC1(NS(=O)(=O)c2cc3c(Cl)nc(Cl)nc3s2)CC1. The summed E-state index contributed by atoms with van der Waals surface area (Å²) in [6, 6.07) is 1.48. The van der Waals surface area contributed by atoms with E-state index in [2.05, 4.69) is 14.7 Å². The molecule has 0 aliphatic heterocycles. The number of halogens is 2. The largest absolute Gasteiger partial charge is 0.250 e. The van der Waals surface area contributed by atoms with E-state index in [1.807, 2.05) is 6.92 Å². The highest BCUT2D eigenvalue weighted by molar-refractivity contribution is 7.91. The second kappa shape index (κ2) is 4.26.